The number of hydrogen-bond acceptors (Lipinski definition) is 4. The van der Waals surface area contributed by atoms with Gasteiger partial charge in [-0.2, -0.15) is 0 Å². The Morgan fingerprint density at radius 3 is 2.35 bits per heavy atom. The van der Waals surface area contributed by atoms with Gasteiger partial charge in [-0.1, -0.05) is 6.07 Å². The first-order chi connectivity index (χ1) is 7.63. The highest BCUT2D eigenvalue weighted by molar-refractivity contribution is 7.99. The second-order valence-corrected chi connectivity index (χ2v) is 7.75. The molecule has 0 radical (unpaired) electrons. The molecule has 0 fully saturated rings. The molecular formula is C12H19NO2S2. The fraction of sp³-hybridized carbons (Fsp3) is 0.500. The Bertz CT molecular complexity index is 502. The molecule has 0 atom stereocenters. The van der Waals surface area contributed by atoms with Gasteiger partial charge >= 0.3 is 0 Å². The van der Waals surface area contributed by atoms with Gasteiger partial charge in [-0.15, -0.1) is 11.8 Å². The Hall–Kier alpha value is -0.520. The largest absolute Gasteiger partial charge is 0.325 e. The van der Waals surface area contributed by atoms with Crippen LogP contribution in [-0.4, -0.2) is 26.5 Å². The first kappa shape index (κ1) is 14.5. The average Bonchev–Trinajstić information content (AvgIpc) is 2.13. The van der Waals surface area contributed by atoms with E-state index in [-0.39, 0.29) is 5.54 Å². The number of rotatable bonds is 4. The van der Waals surface area contributed by atoms with Gasteiger partial charge in [-0.3, -0.25) is 0 Å². The minimum absolute atomic E-state index is 0.289. The molecule has 5 heteroatoms. The van der Waals surface area contributed by atoms with E-state index in [1.165, 1.54) is 18.0 Å². The van der Waals surface area contributed by atoms with Gasteiger partial charge in [0, 0.05) is 16.7 Å². The van der Waals surface area contributed by atoms with Crippen LogP contribution in [-0.2, 0) is 16.3 Å². The van der Waals surface area contributed by atoms with Crippen LogP contribution >= 0.6 is 11.8 Å². The Balaban J connectivity index is 3.19. The molecule has 17 heavy (non-hydrogen) atoms. The highest BCUT2D eigenvalue weighted by Crippen LogP contribution is 2.27. The quantitative estimate of drug-likeness (QED) is 0.853. The first-order valence-corrected chi connectivity index (χ1v) is 8.41. The molecule has 96 valence electrons. The number of nitrogens with two attached hydrogens (primary N) is 1. The second kappa shape index (κ2) is 5.00. The van der Waals surface area contributed by atoms with Crippen molar-refractivity contribution in [1.29, 1.82) is 0 Å². The second-order valence-electron chi connectivity index (χ2n) is 4.92. The number of thioether (sulfide) groups is 1. The van der Waals surface area contributed by atoms with Crippen molar-refractivity contribution >= 4 is 21.6 Å². The van der Waals surface area contributed by atoms with Gasteiger partial charge < -0.3 is 5.73 Å². The van der Waals surface area contributed by atoms with Gasteiger partial charge in [-0.25, -0.2) is 8.42 Å². The van der Waals surface area contributed by atoms with E-state index in [9.17, 15) is 8.42 Å². The van der Waals surface area contributed by atoms with Crippen molar-refractivity contribution in [3.63, 3.8) is 0 Å². The third-order valence-electron chi connectivity index (χ3n) is 2.29. The molecule has 3 nitrogen and oxygen atoms in total. The molecule has 0 saturated carbocycles. The minimum atomic E-state index is -3.16. The fourth-order valence-electron chi connectivity index (χ4n) is 1.65. The maximum absolute atomic E-state index is 11.6. The maximum atomic E-state index is 11.6. The van der Waals surface area contributed by atoms with Gasteiger partial charge in [0.15, 0.2) is 9.84 Å². The molecule has 0 aliphatic carbocycles. The van der Waals surface area contributed by atoms with E-state index in [2.05, 4.69) is 0 Å². The van der Waals surface area contributed by atoms with Crippen molar-refractivity contribution in [2.24, 2.45) is 5.73 Å². The van der Waals surface area contributed by atoms with Crippen molar-refractivity contribution in [3.8, 4) is 0 Å². The molecule has 0 heterocycles. The topological polar surface area (TPSA) is 60.2 Å². The third kappa shape index (κ3) is 4.33. The van der Waals surface area contributed by atoms with Crippen molar-refractivity contribution in [1.82, 2.24) is 0 Å². The summed E-state index contributed by atoms with van der Waals surface area (Å²) in [5, 5.41) is 0. The Labute approximate surface area is 108 Å². The van der Waals surface area contributed by atoms with Gasteiger partial charge in [0.2, 0.25) is 0 Å². The van der Waals surface area contributed by atoms with Crippen molar-refractivity contribution in [3.05, 3.63) is 23.8 Å². The van der Waals surface area contributed by atoms with Crippen LogP contribution < -0.4 is 5.73 Å². The standard InChI is InChI=1S/C12H19NO2S2/c1-12(2,13)8-9-5-6-11(17(4,14)15)10(7-9)16-3/h5-7H,8,13H2,1-4H3. The van der Waals surface area contributed by atoms with Crippen molar-refractivity contribution in [2.45, 2.75) is 35.6 Å². The molecule has 1 aromatic rings. The van der Waals surface area contributed by atoms with Crippen molar-refractivity contribution in [2.75, 3.05) is 12.5 Å². The molecule has 1 rings (SSSR count). The predicted molar refractivity (Wildman–Crippen MR) is 73.3 cm³/mol. The van der Waals surface area contributed by atoms with Crippen LogP contribution in [0.25, 0.3) is 0 Å². The summed E-state index contributed by atoms with van der Waals surface area (Å²) >= 11 is 1.44. The monoisotopic (exact) mass is 273 g/mol. The molecule has 0 spiro atoms. The lowest BCUT2D eigenvalue weighted by molar-refractivity contribution is 0.516. The zero-order valence-corrected chi connectivity index (χ0v) is 12.3. The van der Waals surface area contributed by atoms with E-state index in [4.69, 9.17) is 5.73 Å². The van der Waals surface area contributed by atoms with E-state index in [0.29, 0.717) is 4.90 Å². The summed E-state index contributed by atoms with van der Waals surface area (Å²) < 4.78 is 23.1. The summed E-state index contributed by atoms with van der Waals surface area (Å²) in [7, 11) is -3.16. The fourth-order valence-corrected chi connectivity index (χ4v) is 3.64. The molecular weight excluding hydrogens is 254 g/mol. The minimum Gasteiger partial charge on any atom is -0.325 e. The zero-order valence-electron chi connectivity index (χ0n) is 10.6. The summed E-state index contributed by atoms with van der Waals surface area (Å²) in [4.78, 5) is 1.18. The van der Waals surface area contributed by atoms with Gasteiger partial charge in [0.1, 0.15) is 0 Å². The molecule has 0 amide bonds. The van der Waals surface area contributed by atoms with Gasteiger partial charge in [-0.05, 0) is 44.2 Å². The number of sulfone groups is 1. The summed E-state index contributed by atoms with van der Waals surface area (Å²) in [6.07, 6.45) is 3.83. The molecule has 0 aliphatic heterocycles. The van der Waals surface area contributed by atoms with Crippen LogP contribution in [0.3, 0.4) is 0 Å². The summed E-state index contributed by atoms with van der Waals surface area (Å²) in [6.45, 7) is 3.91. The van der Waals surface area contributed by atoms with E-state index < -0.39 is 9.84 Å². The summed E-state index contributed by atoms with van der Waals surface area (Å²) in [5.41, 5.74) is 6.73. The number of benzene rings is 1. The molecule has 0 unspecified atom stereocenters. The lowest BCUT2D eigenvalue weighted by atomic mass is 9.96. The van der Waals surface area contributed by atoms with Crippen LogP contribution in [0.4, 0.5) is 0 Å². The van der Waals surface area contributed by atoms with Crippen LogP contribution in [0.15, 0.2) is 28.0 Å². The molecule has 0 bridgehead atoms. The van der Waals surface area contributed by atoms with Crippen LogP contribution in [0, 0.1) is 0 Å². The van der Waals surface area contributed by atoms with E-state index in [1.54, 1.807) is 6.07 Å². The predicted octanol–water partition coefficient (Wildman–Crippen LogP) is 2.09. The first-order valence-electron chi connectivity index (χ1n) is 5.29. The number of hydrogen-bond donors (Lipinski definition) is 1. The summed E-state index contributed by atoms with van der Waals surface area (Å²) in [6, 6.07) is 5.42. The third-order valence-corrected chi connectivity index (χ3v) is 4.35. The lowest BCUT2D eigenvalue weighted by Crippen LogP contribution is -2.34. The van der Waals surface area contributed by atoms with E-state index >= 15 is 0 Å². The van der Waals surface area contributed by atoms with Gasteiger partial charge in [0.25, 0.3) is 0 Å². The van der Waals surface area contributed by atoms with E-state index in [1.807, 2.05) is 32.2 Å². The zero-order chi connectivity index (χ0) is 13.3. The Morgan fingerprint density at radius 2 is 1.94 bits per heavy atom. The van der Waals surface area contributed by atoms with Crippen molar-refractivity contribution < 1.29 is 8.42 Å². The molecule has 0 aliphatic rings. The van der Waals surface area contributed by atoms with Crippen LogP contribution in [0.1, 0.15) is 19.4 Å². The normalized spacial score (nSPS) is 12.8. The highest BCUT2D eigenvalue weighted by Gasteiger charge is 2.16. The smallest absolute Gasteiger partial charge is 0.176 e. The molecule has 0 saturated heterocycles. The van der Waals surface area contributed by atoms with Crippen LogP contribution in [0.5, 0.6) is 0 Å². The molecule has 0 aromatic heterocycles. The summed E-state index contributed by atoms with van der Waals surface area (Å²) in [5.74, 6) is 0. The Kier molecular flexibility index (Phi) is 4.28. The lowest BCUT2D eigenvalue weighted by Gasteiger charge is -2.19. The van der Waals surface area contributed by atoms with Gasteiger partial charge in [0.05, 0.1) is 4.90 Å². The van der Waals surface area contributed by atoms with E-state index in [0.717, 1.165) is 16.9 Å². The average molecular weight is 273 g/mol. The Morgan fingerprint density at radius 1 is 1.35 bits per heavy atom. The molecule has 1 aromatic carbocycles. The van der Waals surface area contributed by atoms with Crippen LogP contribution in [0.2, 0.25) is 0 Å². The molecule has 2 N–H and O–H groups in total. The SMILES string of the molecule is CSc1cc(CC(C)(C)N)ccc1S(C)(=O)=O. The maximum Gasteiger partial charge on any atom is 0.176 e. The highest BCUT2D eigenvalue weighted by atomic mass is 32.2.